The summed E-state index contributed by atoms with van der Waals surface area (Å²) in [6.45, 7) is 0. The number of carboxylic acid groups (broad SMARTS) is 1. The van der Waals surface area contributed by atoms with E-state index in [1.807, 2.05) is 0 Å². The summed E-state index contributed by atoms with van der Waals surface area (Å²) < 4.78 is 19.0. The summed E-state index contributed by atoms with van der Waals surface area (Å²) in [6.07, 6.45) is 2.03. The number of carboxylic acids is 1. The van der Waals surface area contributed by atoms with Gasteiger partial charge >= 0.3 is 5.97 Å². The van der Waals surface area contributed by atoms with Crippen LogP contribution in [0.15, 0.2) is 18.2 Å². The van der Waals surface area contributed by atoms with Gasteiger partial charge in [0.25, 0.3) is 5.91 Å². The molecule has 1 aromatic rings. The number of benzene rings is 1. The van der Waals surface area contributed by atoms with Crippen molar-refractivity contribution in [2.24, 2.45) is 0 Å². The molecule has 6 heteroatoms. The normalized spacial score (nSPS) is 16.5. The Morgan fingerprint density at radius 1 is 1.42 bits per heavy atom. The topological polar surface area (TPSA) is 75.6 Å². The highest BCUT2D eigenvalue weighted by Crippen LogP contribution is 2.36. The average molecular weight is 267 g/mol. The van der Waals surface area contributed by atoms with Gasteiger partial charge < -0.3 is 15.2 Å². The number of nitrogens with one attached hydrogen (secondary N) is 1. The standard InChI is InChI=1S/C13H14FNO4/c1-19-13(6-3-7-13)12(18)15-9-5-2-4-8(10(9)14)11(16)17/h2,4-5H,3,6-7H2,1H3,(H,15,18)(H,16,17). The highest BCUT2D eigenvalue weighted by Gasteiger charge is 2.44. The number of halogens is 1. The highest BCUT2D eigenvalue weighted by atomic mass is 19.1. The van der Waals surface area contributed by atoms with Crippen molar-refractivity contribution in [2.45, 2.75) is 24.9 Å². The largest absolute Gasteiger partial charge is 0.478 e. The van der Waals surface area contributed by atoms with E-state index in [1.54, 1.807) is 0 Å². The molecule has 0 bridgehead atoms. The number of hydrogen-bond acceptors (Lipinski definition) is 3. The van der Waals surface area contributed by atoms with Crippen molar-refractivity contribution in [3.05, 3.63) is 29.6 Å². The molecule has 2 rings (SSSR count). The summed E-state index contributed by atoms with van der Waals surface area (Å²) in [5.41, 5.74) is -1.53. The third-order valence-electron chi connectivity index (χ3n) is 3.44. The third kappa shape index (κ3) is 2.31. The van der Waals surface area contributed by atoms with E-state index in [9.17, 15) is 14.0 Å². The number of carbonyl (C=O) groups excluding carboxylic acids is 1. The zero-order chi connectivity index (χ0) is 14.0. The lowest BCUT2D eigenvalue weighted by Crippen LogP contribution is -2.50. The van der Waals surface area contributed by atoms with Crippen molar-refractivity contribution in [2.75, 3.05) is 12.4 Å². The SMILES string of the molecule is COC1(C(=O)Nc2cccc(C(=O)O)c2F)CCC1. The fourth-order valence-electron chi connectivity index (χ4n) is 2.05. The molecule has 19 heavy (non-hydrogen) atoms. The number of aromatic carboxylic acids is 1. The van der Waals surface area contributed by atoms with Gasteiger partial charge in [0, 0.05) is 7.11 Å². The van der Waals surface area contributed by atoms with E-state index >= 15 is 0 Å². The average Bonchev–Trinajstić information content (AvgIpc) is 2.30. The van der Waals surface area contributed by atoms with Crippen LogP contribution < -0.4 is 5.32 Å². The Morgan fingerprint density at radius 2 is 2.11 bits per heavy atom. The van der Waals surface area contributed by atoms with Gasteiger partial charge in [-0.25, -0.2) is 9.18 Å². The van der Waals surface area contributed by atoms with Gasteiger partial charge in [-0.2, -0.15) is 0 Å². The van der Waals surface area contributed by atoms with Crippen molar-refractivity contribution in [1.82, 2.24) is 0 Å². The number of carbonyl (C=O) groups is 2. The summed E-state index contributed by atoms with van der Waals surface area (Å²) in [5, 5.41) is 11.2. The lowest BCUT2D eigenvalue weighted by Gasteiger charge is -2.38. The molecule has 0 spiro atoms. The molecule has 0 aromatic heterocycles. The van der Waals surface area contributed by atoms with Gasteiger partial charge in [-0.15, -0.1) is 0 Å². The van der Waals surface area contributed by atoms with Gasteiger partial charge in [-0.05, 0) is 31.4 Å². The van der Waals surface area contributed by atoms with Crippen LogP contribution in [0.1, 0.15) is 29.6 Å². The number of ether oxygens (including phenoxy) is 1. The first kappa shape index (κ1) is 13.5. The Kier molecular flexibility index (Phi) is 3.53. The zero-order valence-electron chi connectivity index (χ0n) is 10.4. The molecule has 1 saturated carbocycles. The van der Waals surface area contributed by atoms with Crippen molar-refractivity contribution in [3.8, 4) is 0 Å². The fourth-order valence-corrected chi connectivity index (χ4v) is 2.05. The van der Waals surface area contributed by atoms with Crippen LogP contribution in [0.3, 0.4) is 0 Å². The quantitative estimate of drug-likeness (QED) is 0.875. The van der Waals surface area contributed by atoms with Crippen molar-refractivity contribution in [1.29, 1.82) is 0 Å². The fraction of sp³-hybridized carbons (Fsp3) is 0.385. The molecular formula is C13H14FNO4. The predicted molar refractivity (Wildman–Crippen MR) is 65.6 cm³/mol. The Bertz CT molecular complexity index is 520. The lowest BCUT2D eigenvalue weighted by molar-refractivity contribution is -0.148. The monoisotopic (exact) mass is 267 g/mol. The third-order valence-corrected chi connectivity index (χ3v) is 3.44. The minimum atomic E-state index is -1.38. The molecule has 1 aliphatic carbocycles. The van der Waals surface area contributed by atoms with Crippen LogP contribution in [0.2, 0.25) is 0 Å². The molecule has 2 N–H and O–H groups in total. The Labute approximate surface area is 109 Å². The molecule has 1 amide bonds. The Balaban J connectivity index is 2.22. The summed E-state index contributed by atoms with van der Waals surface area (Å²) >= 11 is 0. The van der Waals surface area contributed by atoms with Crippen molar-refractivity contribution < 1.29 is 23.8 Å². The minimum absolute atomic E-state index is 0.145. The number of hydrogen-bond donors (Lipinski definition) is 2. The second-order valence-corrected chi connectivity index (χ2v) is 4.48. The summed E-state index contributed by atoms with van der Waals surface area (Å²) in [7, 11) is 1.43. The molecule has 0 aliphatic heterocycles. The molecule has 102 valence electrons. The van der Waals surface area contributed by atoms with E-state index in [0.717, 1.165) is 12.5 Å². The van der Waals surface area contributed by atoms with Crippen LogP contribution in [-0.2, 0) is 9.53 Å². The van der Waals surface area contributed by atoms with Gasteiger partial charge in [0.05, 0.1) is 11.3 Å². The number of methoxy groups -OCH3 is 1. The zero-order valence-corrected chi connectivity index (χ0v) is 10.4. The number of amides is 1. The smallest absolute Gasteiger partial charge is 0.338 e. The Morgan fingerprint density at radius 3 is 2.58 bits per heavy atom. The van der Waals surface area contributed by atoms with Gasteiger partial charge in [0.1, 0.15) is 5.60 Å². The summed E-state index contributed by atoms with van der Waals surface area (Å²) in [6, 6.07) is 3.84. The molecule has 1 aliphatic rings. The molecule has 5 nitrogen and oxygen atoms in total. The van der Waals surface area contributed by atoms with E-state index in [2.05, 4.69) is 5.32 Å². The molecule has 0 unspecified atom stereocenters. The van der Waals surface area contributed by atoms with Gasteiger partial charge in [0.2, 0.25) is 0 Å². The van der Waals surface area contributed by atoms with E-state index in [4.69, 9.17) is 9.84 Å². The van der Waals surface area contributed by atoms with Crippen LogP contribution in [0, 0.1) is 5.82 Å². The Hall–Kier alpha value is -1.95. The molecule has 0 heterocycles. The molecule has 0 radical (unpaired) electrons. The van der Waals surface area contributed by atoms with Crippen LogP contribution in [-0.4, -0.2) is 29.7 Å². The van der Waals surface area contributed by atoms with Gasteiger partial charge in [-0.1, -0.05) is 6.07 Å². The van der Waals surface area contributed by atoms with Gasteiger partial charge in [0.15, 0.2) is 5.82 Å². The molecule has 1 aromatic carbocycles. The first-order valence-electron chi connectivity index (χ1n) is 5.88. The van der Waals surface area contributed by atoms with Crippen LogP contribution in [0.5, 0.6) is 0 Å². The van der Waals surface area contributed by atoms with Crippen LogP contribution in [0.4, 0.5) is 10.1 Å². The van der Waals surface area contributed by atoms with Crippen molar-refractivity contribution in [3.63, 3.8) is 0 Å². The number of rotatable bonds is 4. The summed E-state index contributed by atoms with van der Waals surface area (Å²) in [5.74, 6) is -2.77. The molecular weight excluding hydrogens is 253 g/mol. The predicted octanol–water partition coefficient (Wildman–Crippen LogP) is 2.03. The van der Waals surface area contributed by atoms with Crippen molar-refractivity contribution >= 4 is 17.6 Å². The maximum atomic E-state index is 13.9. The van der Waals surface area contributed by atoms with E-state index < -0.39 is 28.9 Å². The molecule has 0 saturated heterocycles. The second-order valence-electron chi connectivity index (χ2n) is 4.48. The minimum Gasteiger partial charge on any atom is -0.478 e. The van der Waals surface area contributed by atoms with E-state index in [-0.39, 0.29) is 5.69 Å². The second kappa shape index (κ2) is 4.97. The van der Waals surface area contributed by atoms with Crippen LogP contribution in [0.25, 0.3) is 0 Å². The first-order chi connectivity index (χ1) is 9.00. The number of anilines is 1. The lowest BCUT2D eigenvalue weighted by atomic mass is 9.79. The maximum Gasteiger partial charge on any atom is 0.338 e. The van der Waals surface area contributed by atoms with E-state index in [0.29, 0.717) is 12.8 Å². The highest BCUT2D eigenvalue weighted by molar-refractivity contribution is 5.99. The maximum absolute atomic E-state index is 13.9. The van der Waals surface area contributed by atoms with E-state index in [1.165, 1.54) is 19.2 Å². The summed E-state index contributed by atoms with van der Waals surface area (Å²) in [4.78, 5) is 22.8. The van der Waals surface area contributed by atoms with Crippen LogP contribution >= 0.6 is 0 Å². The molecule has 1 fully saturated rings. The van der Waals surface area contributed by atoms with Gasteiger partial charge in [-0.3, -0.25) is 4.79 Å². The molecule has 0 atom stereocenters. The first-order valence-corrected chi connectivity index (χ1v) is 5.88.